The van der Waals surface area contributed by atoms with Gasteiger partial charge in [-0.2, -0.15) is 5.10 Å². The van der Waals surface area contributed by atoms with Gasteiger partial charge in [-0.3, -0.25) is 0 Å². The van der Waals surface area contributed by atoms with E-state index < -0.39 is 16.0 Å². The maximum atomic E-state index is 12.4. The molecular formula is C19H18BrN3O4S. The summed E-state index contributed by atoms with van der Waals surface area (Å²) < 4.78 is 33.3. The van der Waals surface area contributed by atoms with E-state index in [1.165, 1.54) is 32.3 Å². The van der Waals surface area contributed by atoms with E-state index in [0.717, 1.165) is 15.6 Å². The molecule has 0 amide bonds. The number of hydrogen-bond donors (Lipinski definition) is 0. The number of carbonyl (C=O) groups is 1. The van der Waals surface area contributed by atoms with Gasteiger partial charge >= 0.3 is 5.97 Å². The van der Waals surface area contributed by atoms with E-state index >= 15 is 0 Å². The minimum absolute atomic E-state index is 0.00975. The molecule has 0 aliphatic rings. The molecule has 3 rings (SSSR count). The highest BCUT2D eigenvalue weighted by atomic mass is 79.9. The molecule has 3 aromatic rings. The van der Waals surface area contributed by atoms with E-state index in [2.05, 4.69) is 21.0 Å². The number of hydrogen-bond acceptors (Lipinski definition) is 5. The van der Waals surface area contributed by atoms with Crippen LogP contribution in [-0.4, -0.2) is 42.6 Å². The van der Waals surface area contributed by atoms with Crippen molar-refractivity contribution in [2.24, 2.45) is 0 Å². The molecule has 0 aliphatic heterocycles. The van der Waals surface area contributed by atoms with Crippen molar-refractivity contribution in [2.45, 2.75) is 11.5 Å². The van der Waals surface area contributed by atoms with Crippen LogP contribution in [0, 0.1) is 0 Å². The first kappa shape index (κ1) is 20.2. The maximum absolute atomic E-state index is 12.4. The minimum Gasteiger partial charge on any atom is -0.457 e. The first-order valence-electron chi connectivity index (χ1n) is 8.27. The van der Waals surface area contributed by atoms with Crippen LogP contribution in [0.2, 0.25) is 0 Å². The number of esters is 1. The molecule has 0 N–H and O–H groups in total. The molecule has 9 heteroatoms. The number of nitrogens with zero attached hydrogens (tertiary/aromatic N) is 3. The largest absolute Gasteiger partial charge is 0.457 e. The summed E-state index contributed by atoms with van der Waals surface area (Å²) in [7, 11) is -0.826. The van der Waals surface area contributed by atoms with Crippen LogP contribution in [-0.2, 0) is 21.4 Å². The lowest BCUT2D eigenvalue weighted by molar-refractivity contribution is 0.0472. The van der Waals surface area contributed by atoms with Crippen molar-refractivity contribution < 1.29 is 17.9 Å². The number of benzene rings is 2. The standard InChI is InChI=1S/C19H18BrN3O4S/c1-22(2)28(25,26)18-12-15(6-9-17(18)20)19(24)27-13-14-4-7-16(8-5-14)23-11-3-10-21-23/h3-12H,13H2,1-2H3. The van der Waals surface area contributed by atoms with Crippen molar-refractivity contribution in [3.05, 3.63) is 76.5 Å². The van der Waals surface area contributed by atoms with E-state index in [9.17, 15) is 13.2 Å². The summed E-state index contributed by atoms with van der Waals surface area (Å²) in [4.78, 5) is 12.4. The number of aromatic nitrogens is 2. The third-order valence-electron chi connectivity index (χ3n) is 4.00. The molecular weight excluding hydrogens is 446 g/mol. The molecule has 0 spiro atoms. The fourth-order valence-corrected chi connectivity index (χ4v) is 4.27. The topological polar surface area (TPSA) is 81.5 Å². The van der Waals surface area contributed by atoms with Crippen molar-refractivity contribution in [1.82, 2.24) is 14.1 Å². The molecule has 0 fully saturated rings. The fraction of sp³-hybridized carbons (Fsp3) is 0.158. The smallest absolute Gasteiger partial charge is 0.338 e. The number of carbonyl (C=O) groups excluding carboxylic acids is 1. The van der Waals surface area contributed by atoms with Gasteiger partial charge in [0, 0.05) is 31.0 Å². The summed E-state index contributed by atoms with van der Waals surface area (Å²) in [5, 5.41) is 4.15. The van der Waals surface area contributed by atoms with E-state index in [4.69, 9.17) is 4.74 Å². The van der Waals surface area contributed by atoms with E-state index in [0.29, 0.717) is 4.47 Å². The second-order valence-corrected chi connectivity index (χ2v) is 9.10. The van der Waals surface area contributed by atoms with Crippen molar-refractivity contribution in [3.63, 3.8) is 0 Å². The number of halogens is 1. The van der Waals surface area contributed by atoms with Gasteiger partial charge in [0.05, 0.1) is 16.1 Å². The Morgan fingerprint density at radius 1 is 1.18 bits per heavy atom. The summed E-state index contributed by atoms with van der Waals surface area (Å²) in [6.45, 7) is 0.0735. The summed E-state index contributed by atoms with van der Waals surface area (Å²) in [5.74, 6) is -0.598. The Bertz CT molecular complexity index is 1080. The predicted molar refractivity (Wildman–Crippen MR) is 108 cm³/mol. The average molecular weight is 464 g/mol. The third-order valence-corrected chi connectivity index (χ3v) is 6.81. The van der Waals surface area contributed by atoms with E-state index in [-0.39, 0.29) is 17.1 Å². The second kappa shape index (κ2) is 8.26. The Labute approximate surface area is 171 Å². The maximum Gasteiger partial charge on any atom is 0.338 e. The SMILES string of the molecule is CN(C)S(=O)(=O)c1cc(C(=O)OCc2ccc(-n3cccn3)cc2)ccc1Br. The molecule has 2 aromatic carbocycles. The molecule has 0 radical (unpaired) electrons. The van der Waals surface area contributed by atoms with Crippen LogP contribution in [0.15, 0.2) is 70.3 Å². The Hall–Kier alpha value is -2.49. The van der Waals surface area contributed by atoms with Crippen molar-refractivity contribution in [2.75, 3.05) is 14.1 Å². The van der Waals surface area contributed by atoms with Crippen LogP contribution >= 0.6 is 15.9 Å². The van der Waals surface area contributed by atoms with Gasteiger partial charge in [0.25, 0.3) is 0 Å². The molecule has 0 atom stereocenters. The van der Waals surface area contributed by atoms with Crippen molar-refractivity contribution >= 4 is 31.9 Å². The van der Waals surface area contributed by atoms with Crippen LogP contribution in [0.25, 0.3) is 5.69 Å². The van der Waals surface area contributed by atoms with Gasteiger partial charge < -0.3 is 4.74 Å². The highest BCUT2D eigenvalue weighted by Gasteiger charge is 2.22. The van der Waals surface area contributed by atoms with Gasteiger partial charge in [0.1, 0.15) is 6.61 Å². The molecule has 28 heavy (non-hydrogen) atoms. The third kappa shape index (κ3) is 4.32. The molecule has 0 saturated carbocycles. The normalized spacial score (nSPS) is 11.6. The summed E-state index contributed by atoms with van der Waals surface area (Å²) in [5.41, 5.74) is 1.87. The van der Waals surface area contributed by atoms with Gasteiger partial charge in [0.15, 0.2) is 0 Å². The lowest BCUT2D eigenvalue weighted by Crippen LogP contribution is -2.23. The lowest BCUT2D eigenvalue weighted by atomic mass is 10.2. The van der Waals surface area contributed by atoms with Gasteiger partial charge in [-0.15, -0.1) is 0 Å². The van der Waals surface area contributed by atoms with Crippen LogP contribution in [0.5, 0.6) is 0 Å². The Morgan fingerprint density at radius 3 is 2.50 bits per heavy atom. The summed E-state index contributed by atoms with van der Waals surface area (Å²) in [6, 6.07) is 13.6. The zero-order valence-corrected chi connectivity index (χ0v) is 17.6. The van der Waals surface area contributed by atoms with Gasteiger partial charge in [0.2, 0.25) is 10.0 Å². The van der Waals surface area contributed by atoms with Gasteiger partial charge in [-0.1, -0.05) is 12.1 Å². The highest BCUT2D eigenvalue weighted by molar-refractivity contribution is 9.10. The quantitative estimate of drug-likeness (QED) is 0.524. The van der Waals surface area contributed by atoms with E-state index in [1.54, 1.807) is 10.9 Å². The molecule has 146 valence electrons. The number of rotatable bonds is 6. The molecule has 1 heterocycles. The van der Waals surface area contributed by atoms with Crippen molar-refractivity contribution in [1.29, 1.82) is 0 Å². The molecule has 7 nitrogen and oxygen atoms in total. The minimum atomic E-state index is -3.69. The second-order valence-electron chi connectivity index (χ2n) is 6.13. The Morgan fingerprint density at radius 2 is 1.89 bits per heavy atom. The summed E-state index contributed by atoms with van der Waals surface area (Å²) >= 11 is 3.22. The zero-order chi connectivity index (χ0) is 20.3. The van der Waals surface area contributed by atoms with Crippen LogP contribution in [0.4, 0.5) is 0 Å². The van der Waals surface area contributed by atoms with Gasteiger partial charge in [-0.05, 0) is 57.9 Å². The first-order valence-corrected chi connectivity index (χ1v) is 10.5. The monoisotopic (exact) mass is 463 g/mol. The van der Waals surface area contributed by atoms with Crippen LogP contribution < -0.4 is 0 Å². The fourth-order valence-electron chi connectivity index (χ4n) is 2.42. The molecule has 0 saturated heterocycles. The Balaban J connectivity index is 1.72. The molecule has 1 aromatic heterocycles. The van der Waals surface area contributed by atoms with Crippen LogP contribution in [0.1, 0.15) is 15.9 Å². The highest BCUT2D eigenvalue weighted by Crippen LogP contribution is 2.25. The predicted octanol–water partition coefficient (Wildman–Crippen LogP) is 3.24. The number of ether oxygens (including phenoxy) is 1. The lowest BCUT2D eigenvalue weighted by Gasteiger charge is -2.14. The molecule has 0 aliphatic carbocycles. The first-order chi connectivity index (χ1) is 13.3. The molecule has 0 unspecified atom stereocenters. The van der Waals surface area contributed by atoms with Crippen LogP contribution in [0.3, 0.4) is 0 Å². The Kier molecular flexibility index (Phi) is 5.97. The zero-order valence-electron chi connectivity index (χ0n) is 15.2. The summed E-state index contributed by atoms with van der Waals surface area (Å²) in [6.07, 6.45) is 3.53. The average Bonchev–Trinajstić information content (AvgIpc) is 3.21. The van der Waals surface area contributed by atoms with Gasteiger partial charge in [-0.25, -0.2) is 22.2 Å². The van der Waals surface area contributed by atoms with E-state index in [1.807, 2.05) is 36.5 Å². The number of sulfonamides is 1. The molecule has 0 bridgehead atoms. The van der Waals surface area contributed by atoms with Crippen molar-refractivity contribution in [3.8, 4) is 5.69 Å².